The Morgan fingerprint density at radius 1 is 1.00 bits per heavy atom. The molecule has 26 heavy (non-hydrogen) atoms. The summed E-state index contributed by atoms with van der Waals surface area (Å²) in [5, 5.41) is 0.704. The molecule has 0 N–H and O–H groups in total. The number of hydrogen-bond donors (Lipinski definition) is 0. The lowest BCUT2D eigenvalue weighted by Gasteiger charge is -2.34. The fourth-order valence-electron chi connectivity index (χ4n) is 2.85. The van der Waals surface area contributed by atoms with Gasteiger partial charge in [0.2, 0.25) is 0 Å². The van der Waals surface area contributed by atoms with E-state index in [-0.39, 0.29) is 12.5 Å². The molecule has 1 aliphatic rings. The average Bonchev–Trinajstić information content (AvgIpc) is 2.64. The molecule has 1 amide bonds. The maximum absolute atomic E-state index is 13.5. The van der Waals surface area contributed by atoms with Crippen molar-refractivity contribution < 1.29 is 18.3 Å². The Kier molecular flexibility index (Phi) is 6.06. The van der Waals surface area contributed by atoms with Gasteiger partial charge in [-0.1, -0.05) is 29.8 Å². The molecule has 0 saturated carbocycles. The van der Waals surface area contributed by atoms with Crippen molar-refractivity contribution >= 4 is 17.5 Å². The first-order chi connectivity index (χ1) is 12.5. The van der Waals surface area contributed by atoms with E-state index in [1.807, 2.05) is 24.3 Å². The van der Waals surface area contributed by atoms with Crippen LogP contribution in [0.2, 0.25) is 5.02 Å². The number of carbonyl (C=O) groups is 1. The molecule has 0 radical (unpaired) electrons. The van der Waals surface area contributed by atoms with Gasteiger partial charge in [-0.2, -0.15) is 0 Å². The van der Waals surface area contributed by atoms with Crippen LogP contribution >= 0.6 is 11.6 Å². The van der Waals surface area contributed by atoms with Gasteiger partial charge < -0.3 is 9.64 Å². The number of piperazine rings is 1. The summed E-state index contributed by atoms with van der Waals surface area (Å²) in [6, 6.07) is 11.1. The molecule has 0 bridgehead atoms. The minimum Gasteiger partial charge on any atom is -0.478 e. The van der Waals surface area contributed by atoms with Crippen LogP contribution in [-0.4, -0.2) is 48.5 Å². The maximum Gasteiger partial charge on any atom is 0.260 e. The zero-order valence-corrected chi connectivity index (χ0v) is 14.9. The van der Waals surface area contributed by atoms with Crippen molar-refractivity contribution in [2.24, 2.45) is 0 Å². The molecular formula is C19H19ClF2N2O2. The summed E-state index contributed by atoms with van der Waals surface area (Å²) in [6.45, 7) is 2.96. The largest absolute Gasteiger partial charge is 0.478 e. The van der Waals surface area contributed by atoms with Gasteiger partial charge >= 0.3 is 0 Å². The van der Waals surface area contributed by atoms with Crippen LogP contribution in [0, 0.1) is 11.6 Å². The van der Waals surface area contributed by atoms with Crippen molar-refractivity contribution in [3.63, 3.8) is 0 Å². The van der Waals surface area contributed by atoms with Gasteiger partial charge in [-0.05, 0) is 29.8 Å². The van der Waals surface area contributed by atoms with Crippen LogP contribution in [0.15, 0.2) is 42.5 Å². The molecule has 2 aromatic carbocycles. The quantitative estimate of drug-likeness (QED) is 0.797. The summed E-state index contributed by atoms with van der Waals surface area (Å²) in [6.07, 6.45) is 0. The van der Waals surface area contributed by atoms with Crippen molar-refractivity contribution in [2.45, 2.75) is 6.54 Å². The molecule has 3 rings (SSSR count). The molecule has 0 atom stereocenters. The van der Waals surface area contributed by atoms with Gasteiger partial charge in [0.15, 0.2) is 24.0 Å². The van der Waals surface area contributed by atoms with Crippen LogP contribution in [0.25, 0.3) is 0 Å². The number of para-hydroxylation sites is 1. The van der Waals surface area contributed by atoms with Crippen molar-refractivity contribution in [1.29, 1.82) is 0 Å². The van der Waals surface area contributed by atoms with Crippen molar-refractivity contribution in [3.05, 3.63) is 64.7 Å². The van der Waals surface area contributed by atoms with E-state index in [0.717, 1.165) is 37.3 Å². The third-order valence-corrected chi connectivity index (χ3v) is 4.56. The Morgan fingerprint density at radius 3 is 2.23 bits per heavy atom. The van der Waals surface area contributed by atoms with Gasteiger partial charge in [0.25, 0.3) is 5.91 Å². The van der Waals surface area contributed by atoms with E-state index in [9.17, 15) is 13.6 Å². The SMILES string of the molecule is O=C(COc1c(F)cccc1F)N1CCN(Cc2ccc(Cl)cc2)CC1. The third-order valence-electron chi connectivity index (χ3n) is 4.30. The number of halogens is 3. The first kappa shape index (κ1) is 18.6. The first-order valence-electron chi connectivity index (χ1n) is 8.34. The van der Waals surface area contributed by atoms with Gasteiger partial charge in [0, 0.05) is 37.7 Å². The fraction of sp³-hybridized carbons (Fsp3) is 0.316. The summed E-state index contributed by atoms with van der Waals surface area (Å²) in [7, 11) is 0. The van der Waals surface area contributed by atoms with E-state index in [0.29, 0.717) is 18.1 Å². The van der Waals surface area contributed by atoms with Crippen molar-refractivity contribution in [1.82, 2.24) is 9.80 Å². The van der Waals surface area contributed by atoms with Gasteiger partial charge in [-0.25, -0.2) is 8.78 Å². The van der Waals surface area contributed by atoms with E-state index in [2.05, 4.69) is 4.90 Å². The molecular weight excluding hydrogens is 362 g/mol. The predicted octanol–water partition coefficient (Wildman–Crippen LogP) is 3.34. The smallest absolute Gasteiger partial charge is 0.260 e. The number of amides is 1. The highest BCUT2D eigenvalue weighted by molar-refractivity contribution is 6.30. The summed E-state index contributed by atoms with van der Waals surface area (Å²) < 4.78 is 32.1. The molecule has 7 heteroatoms. The summed E-state index contributed by atoms with van der Waals surface area (Å²) in [4.78, 5) is 16.1. The number of benzene rings is 2. The van der Waals surface area contributed by atoms with E-state index >= 15 is 0 Å². The van der Waals surface area contributed by atoms with E-state index < -0.39 is 17.4 Å². The van der Waals surface area contributed by atoms with Crippen LogP contribution in [0.4, 0.5) is 8.78 Å². The molecule has 1 fully saturated rings. The second kappa shape index (κ2) is 8.47. The standard InChI is InChI=1S/C19H19ClF2N2O2/c20-15-6-4-14(5-7-15)12-23-8-10-24(11-9-23)18(25)13-26-19-16(21)2-1-3-17(19)22/h1-7H,8-13H2. The second-order valence-corrected chi connectivity index (χ2v) is 6.56. The Labute approximate surface area is 155 Å². The maximum atomic E-state index is 13.5. The number of ether oxygens (including phenoxy) is 1. The van der Waals surface area contributed by atoms with Crippen LogP contribution < -0.4 is 4.74 Å². The van der Waals surface area contributed by atoms with Crippen LogP contribution in [0.1, 0.15) is 5.56 Å². The van der Waals surface area contributed by atoms with Crippen molar-refractivity contribution in [2.75, 3.05) is 32.8 Å². The molecule has 1 heterocycles. The highest BCUT2D eigenvalue weighted by Crippen LogP contribution is 2.21. The minimum atomic E-state index is -0.814. The second-order valence-electron chi connectivity index (χ2n) is 6.12. The molecule has 0 spiro atoms. The molecule has 0 aliphatic carbocycles. The topological polar surface area (TPSA) is 32.8 Å². The van der Waals surface area contributed by atoms with Crippen LogP contribution in [-0.2, 0) is 11.3 Å². The van der Waals surface area contributed by atoms with E-state index in [4.69, 9.17) is 16.3 Å². The molecule has 2 aromatic rings. The molecule has 1 aliphatic heterocycles. The lowest BCUT2D eigenvalue weighted by Crippen LogP contribution is -2.49. The molecule has 1 saturated heterocycles. The normalized spacial score (nSPS) is 15.1. The first-order valence-corrected chi connectivity index (χ1v) is 8.72. The zero-order chi connectivity index (χ0) is 18.5. The number of rotatable bonds is 5. The lowest BCUT2D eigenvalue weighted by atomic mass is 10.2. The number of nitrogens with zero attached hydrogens (tertiary/aromatic N) is 2. The van der Waals surface area contributed by atoms with Gasteiger partial charge in [0.05, 0.1) is 0 Å². The van der Waals surface area contributed by atoms with Crippen LogP contribution in [0.5, 0.6) is 5.75 Å². The fourth-order valence-corrected chi connectivity index (χ4v) is 2.97. The number of hydrogen-bond acceptors (Lipinski definition) is 3. The highest BCUT2D eigenvalue weighted by atomic mass is 35.5. The molecule has 0 aromatic heterocycles. The summed E-state index contributed by atoms with van der Waals surface area (Å²) in [5.41, 5.74) is 1.16. The molecule has 138 valence electrons. The predicted molar refractivity (Wildman–Crippen MR) is 95.2 cm³/mol. The monoisotopic (exact) mass is 380 g/mol. The summed E-state index contributed by atoms with van der Waals surface area (Å²) in [5.74, 6) is -2.42. The third kappa shape index (κ3) is 4.71. The van der Waals surface area contributed by atoms with Crippen LogP contribution in [0.3, 0.4) is 0 Å². The molecule has 0 unspecified atom stereocenters. The Balaban J connectivity index is 1.47. The average molecular weight is 381 g/mol. The van der Waals surface area contributed by atoms with E-state index in [1.165, 1.54) is 6.07 Å². The minimum absolute atomic E-state index is 0.279. The highest BCUT2D eigenvalue weighted by Gasteiger charge is 2.22. The van der Waals surface area contributed by atoms with Gasteiger partial charge in [-0.3, -0.25) is 9.69 Å². The lowest BCUT2D eigenvalue weighted by molar-refractivity contribution is -0.135. The van der Waals surface area contributed by atoms with Crippen molar-refractivity contribution in [3.8, 4) is 5.75 Å². The Hall–Kier alpha value is -2.18. The summed E-state index contributed by atoms with van der Waals surface area (Å²) >= 11 is 5.89. The Bertz CT molecular complexity index is 742. The Morgan fingerprint density at radius 2 is 1.62 bits per heavy atom. The van der Waals surface area contributed by atoms with Gasteiger partial charge in [-0.15, -0.1) is 0 Å². The number of carbonyl (C=O) groups excluding carboxylic acids is 1. The van der Waals surface area contributed by atoms with Gasteiger partial charge in [0.1, 0.15) is 0 Å². The van der Waals surface area contributed by atoms with E-state index in [1.54, 1.807) is 4.90 Å². The molecule has 4 nitrogen and oxygen atoms in total. The zero-order valence-electron chi connectivity index (χ0n) is 14.1.